The third-order valence-corrected chi connectivity index (χ3v) is 2.81. The summed E-state index contributed by atoms with van der Waals surface area (Å²) in [4.78, 5) is 13.5. The SMILES string of the molecule is CNC(=O)/C=C/C(C)(C)N1CCCC1. The molecule has 80 valence electrons. The van der Waals surface area contributed by atoms with Crippen LogP contribution in [0.25, 0.3) is 0 Å². The highest BCUT2D eigenvalue weighted by Crippen LogP contribution is 2.21. The predicted molar refractivity (Wildman–Crippen MR) is 58.1 cm³/mol. The van der Waals surface area contributed by atoms with E-state index in [2.05, 4.69) is 24.1 Å². The van der Waals surface area contributed by atoms with Gasteiger partial charge in [-0.2, -0.15) is 0 Å². The van der Waals surface area contributed by atoms with Gasteiger partial charge in [0.05, 0.1) is 0 Å². The van der Waals surface area contributed by atoms with Crippen LogP contribution in [0.15, 0.2) is 12.2 Å². The molecule has 14 heavy (non-hydrogen) atoms. The van der Waals surface area contributed by atoms with Gasteiger partial charge in [-0.1, -0.05) is 6.08 Å². The third-order valence-electron chi connectivity index (χ3n) is 2.81. The van der Waals surface area contributed by atoms with Crippen molar-refractivity contribution in [3.05, 3.63) is 12.2 Å². The van der Waals surface area contributed by atoms with Crippen molar-refractivity contribution in [2.45, 2.75) is 32.2 Å². The van der Waals surface area contributed by atoms with E-state index in [-0.39, 0.29) is 11.4 Å². The highest BCUT2D eigenvalue weighted by Gasteiger charge is 2.26. The van der Waals surface area contributed by atoms with Gasteiger partial charge in [-0.3, -0.25) is 9.69 Å². The van der Waals surface area contributed by atoms with Crippen LogP contribution in [0.4, 0.5) is 0 Å². The Morgan fingerprint density at radius 3 is 2.43 bits per heavy atom. The number of nitrogens with one attached hydrogen (secondary N) is 1. The Labute approximate surface area is 86.2 Å². The first-order valence-electron chi connectivity index (χ1n) is 5.22. The first kappa shape index (κ1) is 11.2. The molecular weight excluding hydrogens is 176 g/mol. The molecule has 0 radical (unpaired) electrons. The molecule has 1 heterocycles. The van der Waals surface area contributed by atoms with Gasteiger partial charge in [-0.25, -0.2) is 0 Å². The van der Waals surface area contributed by atoms with Crippen LogP contribution in [-0.2, 0) is 4.79 Å². The Kier molecular flexibility index (Phi) is 3.69. The molecule has 1 N–H and O–H groups in total. The van der Waals surface area contributed by atoms with E-state index in [4.69, 9.17) is 0 Å². The van der Waals surface area contributed by atoms with E-state index in [9.17, 15) is 4.79 Å². The molecule has 1 rings (SSSR count). The molecule has 1 aliphatic rings. The minimum Gasteiger partial charge on any atom is -0.356 e. The maximum Gasteiger partial charge on any atom is 0.243 e. The van der Waals surface area contributed by atoms with Crippen molar-refractivity contribution in [3.63, 3.8) is 0 Å². The van der Waals surface area contributed by atoms with Crippen molar-refractivity contribution in [1.29, 1.82) is 0 Å². The molecule has 0 aliphatic carbocycles. The summed E-state index contributed by atoms with van der Waals surface area (Å²) >= 11 is 0. The molecule has 1 amide bonds. The summed E-state index contributed by atoms with van der Waals surface area (Å²) < 4.78 is 0. The number of nitrogens with zero attached hydrogens (tertiary/aromatic N) is 1. The van der Waals surface area contributed by atoms with Crippen molar-refractivity contribution in [3.8, 4) is 0 Å². The standard InChI is InChI=1S/C11H20N2O/c1-11(2,7-6-10(14)12-3)13-8-4-5-9-13/h6-7H,4-5,8-9H2,1-3H3,(H,12,14)/b7-6+. The highest BCUT2D eigenvalue weighted by atomic mass is 16.1. The van der Waals surface area contributed by atoms with Gasteiger partial charge in [0.25, 0.3) is 0 Å². The van der Waals surface area contributed by atoms with E-state index < -0.39 is 0 Å². The number of amides is 1. The summed E-state index contributed by atoms with van der Waals surface area (Å²) in [5.41, 5.74) is 0.00299. The molecule has 1 aliphatic heterocycles. The molecular formula is C11H20N2O. The first-order chi connectivity index (χ1) is 6.56. The minimum absolute atomic E-state index is 0.00299. The second-order valence-electron chi connectivity index (χ2n) is 4.30. The van der Waals surface area contributed by atoms with Crippen molar-refractivity contribution in [2.75, 3.05) is 20.1 Å². The van der Waals surface area contributed by atoms with Gasteiger partial charge in [0.2, 0.25) is 5.91 Å². The van der Waals surface area contributed by atoms with Crippen LogP contribution < -0.4 is 5.32 Å². The van der Waals surface area contributed by atoms with E-state index in [0.717, 1.165) is 13.1 Å². The van der Waals surface area contributed by atoms with Crippen LogP contribution in [0.5, 0.6) is 0 Å². The fourth-order valence-electron chi connectivity index (χ4n) is 1.76. The quantitative estimate of drug-likeness (QED) is 0.687. The van der Waals surface area contributed by atoms with Gasteiger partial charge in [0.1, 0.15) is 0 Å². The van der Waals surface area contributed by atoms with E-state index in [1.807, 2.05) is 6.08 Å². The normalized spacial score (nSPS) is 19.1. The predicted octanol–water partition coefficient (Wildman–Crippen LogP) is 1.16. The van der Waals surface area contributed by atoms with E-state index in [0.29, 0.717) is 0 Å². The average Bonchev–Trinajstić information content (AvgIpc) is 2.67. The third kappa shape index (κ3) is 2.84. The van der Waals surface area contributed by atoms with Crippen LogP contribution in [-0.4, -0.2) is 36.5 Å². The molecule has 0 bridgehead atoms. The molecule has 0 aromatic carbocycles. The molecule has 1 saturated heterocycles. The zero-order chi connectivity index (χ0) is 10.6. The van der Waals surface area contributed by atoms with Gasteiger partial charge >= 0.3 is 0 Å². The molecule has 3 heteroatoms. The Balaban J connectivity index is 2.55. The second-order valence-corrected chi connectivity index (χ2v) is 4.30. The first-order valence-corrected chi connectivity index (χ1v) is 5.22. The lowest BCUT2D eigenvalue weighted by Crippen LogP contribution is -2.40. The fourth-order valence-corrected chi connectivity index (χ4v) is 1.76. The van der Waals surface area contributed by atoms with Gasteiger partial charge in [0.15, 0.2) is 0 Å². The van der Waals surface area contributed by atoms with Crippen molar-refractivity contribution in [2.24, 2.45) is 0 Å². The molecule has 1 fully saturated rings. The topological polar surface area (TPSA) is 32.3 Å². The average molecular weight is 196 g/mol. The summed E-state index contributed by atoms with van der Waals surface area (Å²) in [5.74, 6) is -0.0303. The fraction of sp³-hybridized carbons (Fsp3) is 0.727. The number of rotatable bonds is 3. The summed E-state index contributed by atoms with van der Waals surface area (Å²) in [7, 11) is 1.65. The largest absolute Gasteiger partial charge is 0.356 e. The maximum atomic E-state index is 11.1. The van der Waals surface area contributed by atoms with Crippen LogP contribution in [0, 0.1) is 0 Å². The van der Waals surface area contributed by atoms with E-state index in [1.54, 1.807) is 13.1 Å². The monoisotopic (exact) mass is 196 g/mol. The lowest BCUT2D eigenvalue weighted by atomic mass is 10.0. The highest BCUT2D eigenvalue weighted by molar-refractivity contribution is 5.87. The lowest BCUT2D eigenvalue weighted by molar-refractivity contribution is -0.116. The number of likely N-dealkylation sites (N-methyl/N-ethyl adjacent to an activating group) is 1. The summed E-state index contributed by atoms with van der Waals surface area (Å²) in [6.45, 7) is 6.59. The lowest BCUT2D eigenvalue weighted by Gasteiger charge is -2.32. The van der Waals surface area contributed by atoms with Crippen LogP contribution in [0.3, 0.4) is 0 Å². The zero-order valence-electron chi connectivity index (χ0n) is 9.34. The summed E-state index contributed by atoms with van der Waals surface area (Å²) in [6.07, 6.45) is 6.16. The Hall–Kier alpha value is -0.830. The Morgan fingerprint density at radius 1 is 1.36 bits per heavy atom. The van der Waals surface area contributed by atoms with Crippen molar-refractivity contribution < 1.29 is 4.79 Å². The van der Waals surface area contributed by atoms with Gasteiger partial charge < -0.3 is 5.32 Å². The van der Waals surface area contributed by atoms with Crippen LogP contribution in [0.1, 0.15) is 26.7 Å². The minimum atomic E-state index is -0.0303. The Bertz CT molecular complexity index is 227. The molecule has 0 spiro atoms. The molecule has 0 atom stereocenters. The number of carbonyl (C=O) groups excluding carboxylic acids is 1. The molecule has 3 nitrogen and oxygen atoms in total. The number of likely N-dealkylation sites (tertiary alicyclic amines) is 1. The Morgan fingerprint density at radius 2 is 1.93 bits per heavy atom. The van der Waals surface area contributed by atoms with Gasteiger partial charge in [0, 0.05) is 18.7 Å². The maximum absolute atomic E-state index is 11.1. The molecule has 0 unspecified atom stereocenters. The van der Waals surface area contributed by atoms with Crippen molar-refractivity contribution in [1.82, 2.24) is 10.2 Å². The number of hydrogen-bond donors (Lipinski definition) is 1. The number of hydrogen-bond acceptors (Lipinski definition) is 2. The second kappa shape index (κ2) is 4.60. The zero-order valence-corrected chi connectivity index (χ0v) is 9.34. The van der Waals surface area contributed by atoms with Crippen molar-refractivity contribution >= 4 is 5.91 Å². The van der Waals surface area contributed by atoms with Gasteiger partial charge in [-0.15, -0.1) is 0 Å². The summed E-state index contributed by atoms with van der Waals surface area (Å²) in [5, 5.41) is 2.58. The molecule has 0 aromatic rings. The van der Waals surface area contributed by atoms with Crippen LogP contribution >= 0.6 is 0 Å². The number of carbonyl (C=O) groups is 1. The molecule has 0 saturated carbocycles. The molecule has 0 aromatic heterocycles. The van der Waals surface area contributed by atoms with Crippen LogP contribution in [0.2, 0.25) is 0 Å². The smallest absolute Gasteiger partial charge is 0.243 e. The van der Waals surface area contributed by atoms with E-state index >= 15 is 0 Å². The van der Waals surface area contributed by atoms with Gasteiger partial charge in [-0.05, 0) is 39.8 Å². The summed E-state index contributed by atoms with van der Waals surface area (Å²) in [6, 6.07) is 0. The van der Waals surface area contributed by atoms with E-state index in [1.165, 1.54) is 12.8 Å².